The number of hydrogen-bond acceptors (Lipinski definition) is 5. The van der Waals surface area contributed by atoms with Crippen LogP contribution < -0.4 is 17.0 Å². The minimum absolute atomic E-state index is 0.0134. The molecule has 0 bridgehead atoms. The zero-order valence-electron chi connectivity index (χ0n) is 12.2. The van der Waals surface area contributed by atoms with Gasteiger partial charge in [0.1, 0.15) is 16.9 Å². The fraction of sp³-hybridized carbons (Fsp3) is 0.154. The van der Waals surface area contributed by atoms with Crippen LogP contribution in [-0.2, 0) is 13.2 Å². The zero-order chi connectivity index (χ0) is 18.7. The van der Waals surface area contributed by atoms with Crippen LogP contribution in [0.3, 0.4) is 0 Å². The number of aromatic nitrogens is 3. The van der Waals surface area contributed by atoms with Crippen molar-refractivity contribution in [2.45, 2.75) is 6.18 Å². The molecule has 0 aliphatic heterocycles. The summed E-state index contributed by atoms with van der Waals surface area (Å²) in [4.78, 5) is 28.3. The number of rotatable bonds is 1. The summed E-state index contributed by atoms with van der Waals surface area (Å²) < 4.78 is 53.6. The van der Waals surface area contributed by atoms with Gasteiger partial charge in [-0.3, -0.25) is 9.36 Å². The molecule has 0 saturated heterocycles. The van der Waals surface area contributed by atoms with Gasteiger partial charge in [-0.25, -0.2) is 18.7 Å². The molecule has 12 heteroatoms. The van der Waals surface area contributed by atoms with Crippen LogP contribution >= 0.6 is 22.9 Å². The predicted molar refractivity (Wildman–Crippen MR) is 84.8 cm³/mol. The number of fused-ring (bicyclic) bond motifs is 1. The van der Waals surface area contributed by atoms with E-state index in [-0.39, 0.29) is 31.0 Å². The van der Waals surface area contributed by atoms with Gasteiger partial charge in [-0.1, -0.05) is 22.9 Å². The van der Waals surface area contributed by atoms with Crippen molar-refractivity contribution in [3.05, 3.63) is 49.5 Å². The molecule has 2 N–H and O–H groups in total. The van der Waals surface area contributed by atoms with Gasteiger partial charge >= 0.3 is 11.9 Å². The van der Waals surface area contributed by atoms with Crippen molar-refractivity contribution in [3.63, 3.8) is 0 Å². The predicted octanol–water partition coefficient (Wildman–Crippen LogP) is 2.54. The first-order valence-corrected chi connectivity index (χ1v) is 7.66. The molecule has 2 aromatic heterocycles. The Labute approximate surface area is 144 Å². The zero-order valence-corrected chi connectivity index (χ0v) is 13.8. The summed E-state index contributed by atoms with van der Waals surface area (Å²) in [6.07, 6.45) is -4.92. The summed E-state index contributed by atoms with van der Waals surface area (Å²) in [7, 11) is 0.827. The summed E-state index contributed by atoms with van der Waals surface area (Å²) in [5.41, 5.74) is 0.879. The van der Waals surface area contributed by atoms with E-state index in [2.05, 4.69) is 4.98 Å². The second kappa shape index (κ2) is 5.56. The van der Waals surface area contributed by atoms with Gasteiger partial charge in [-0.15, -0.1) is 0 Å². The smallest absolute Gasteiger partial charge is 0.375 e. The van der Waals surface area contributed by atoms with Crippen LogP contribution in [0.5, 0.6) is 0 Å². The molecule has 25 heavy (non-hydrogen) atoms. The lowest BCUT2D eigenvalue weighted by molar-refractivity contribution is -0.144. The maximum atomic E-state index is 14.4. The Morgan fingerprint density at radius 1 is 1.28 bits per heavy atom. The Kier molecular flexibility index (Phi) is 3.88. The maximum absolute atomic E-state index is 14.4. The monoisotopic (exact) mass is 394 g/mol. The third-order valence-electron chi connectivity index (χ3n) is 3.40. The average Bonchev–Trinajstić information content (AvgIpc) is 2.87. The van der Waals surface area contributed by atoms with Gasteiger partial charge in [-0.2, -0.15) is 13.2 Å². The molecule has 3 aromatic rings. The van der Waals surface area contributed by atoms with E-state index in [1.54, 1.807) is 0 Å². The number of nitrogens with zero attached hydrogens (tertiary/aromatic N) is 3. The molecule has 6 nitrogen and oxygen atoms in total. The van der Waals surface area contributed by atoms with E-state index in [0.29, 0.717) is 4.57 Å². The highest BCUT2D eigenvalue weighted by Crippen LogP contribution is 2.35. The minimum atomic E-state index is -4.92. The molecule has 0 aliphatic carbocycles. The molecule has 0 atom stereocenters. The number of hydrogen-bond donors (Lipinski definition) is 1. The number of nitrogen functional groups attached to an aromatic ring is 1. The molecule has 0 spiro atoms. The number of anilines is 1. The van der Waals surface area contributed by atoms with E-state index in [9.17, 15) is 27.2 Å². The first-order valence-electron chi connectivity index (χ1n) is 6.47. The highest BCUT2D eigenvalue weighted by Gasteiger charge is 2.35. The van der Waals surface area contributed by atoms with Crippen molar-refractivity contribution >= 4 is 38.3 Å². The minimum Gasteiger partial charge on any atom is -0.375 e. The second-order valence-electron chi connectivity index (χ2n) is 4.96. The lowest BCUT2D eigenvalue weighted by atomic mass is 10.2. The lowest BCUT2D eigenvalue weighted by Crippen LogP contribution is -2.41. The number of alkyl halides is 3. The molecule has 0 fully saturated rings. The normalized spacial score (nSPS) is 12.1. The fourth-order valence-electron chi connectivity index (χ4n) is 2.33. The standard InChI is InChI=1S/C13H7ClF4N4O2S/c1-21-6(13(16,17)18)3-7(23)22(12(21)24)9-5(15)2-4(14)8-10(9)25-11(19)20-8/h2-3H,1H3,(H2,19,20). The molecule has 0 aliphatic rings. The van der Waals surface area contributed by atoms with Crippen LogP contribution in [0, 0.1) is 5.82 Å². The molecule has 0 saturated carbocycles. The largest absolute Gasteiger partial charge is 0.431 e. The quantitative estimate of drug-likeness (QED) is 0.643. The number of nitrogens with two attached hydrogens (primary N) is 1. The molecular formula is C13H7ClF4N4O2S. The number of halogens is 5. The van der Waals surface area contributed by atoms with E-state index in [0.717, 1.165) is 24.5 Å². The Bertz CT molecular complexity index is 1130. The SMILES string of the molecule is Cn1c(C(F)(F)F)cc(=O)n(-c2c(F)cc(Cl)c3nc(N)sc23)c1=O. The van der Waals surface area contributed by atoms with E-state index in [1.807, 2.05) is 0 Å². The molecule has 1 aromatic carbocycles. The Hall–Kier alpha value is -2.40. The van der Waals surface area contributed by atoms with Gasteiger partial charge in [-0.05, 0) is 6.07 Å². The van der Waals surface area contributed by atoms with Gasteiger partial charge in [0.25, 0.3) is 5.56 Å². The molecule has 3 rings (SSSR count). The van der Waals surface area contributed by atoms with E-state index in [1.165, 1.54) is 0 Å². The van der Waals surface area contributed by atoms with E-state index in [4.69, 9.17) is 17.3 Å². The number of benzene rings is 1. The summed E-state index contributed by atoms with van der Waals surface area (Å²) in [5.74, 6) is -1.07. The fourth-order valence-corrected chi connectivity index (χ4v) is 3.50. The van der Waals surface area contributed by atoms with Crippen LogP contribution in [0.25, 0.3) is 15.9 Å². The Morgan fingerprint density at radius 3 is 2.52 bits per heavy atom. The molecule has 0 radical (unpaired) electrons. The Balaban J connectivity index is 2.48. The molecular weight excluding hydrogens is 388 g/mol. The summed E-state index contributed by atoms with van der Waals surface area (Å²) in [6, 6.07) is 1.02. The highest BCUT2D eigenvalue weighted by atomic mass is 35.5. The van der Waals surface area contributed by atoms with Gasteiger partial charge in [0.05, 0.1) is 9.72 Å². The maximum Gasteiger partial charge on any atom is 0.431 e. The van der Waals surface area contributed by atoms with Gasteiger partial charge < -0.3 is 5.73 Å². The molecule has 0 amide bonds. The molecule has 0 unspecified atom stereocenters. The first-order chi connectivity index (χ1) is 11.5. The van der Waals surface area contributed by atoms with E-state index < -0.39 is 34.6 Å². The van der Waals surface area contributed by atoms with Gasteiger partial charge in [0.15, 0.2) is 10.9 Å². The third-order valence-corrected chi connectivity index (χ3v) is 4.58. The average molecular weight is 395 g/mol. The third kappa shape index (κ3) is 2.68. The van der Waals surface area contributed by atoms with Crippen LogP contribution in [0.15, 0.2) is 21.7 Å². The first kappa shape index (κ1) is 17.4. The van der Waals surface area contributed by atoms with Crippen molar-refractivity contribution in [2.75, 3.05) is 5.73 Å². The van der Waals surface area contributed by atoms with Crippen LogP contribution in [0.4, 0.5) is 22.7 Å². The second-order valence-corrected chi connectivity index (χ2v) is 6.40. The van der Waals surface area contributed by atoms with E-state index >= 15 is 0 Å². The van der Waals surface area contributed by atoms with Gasteiger partial charge in [0.2, 0.25) is 0 Å². The summed E-state index contributed by atoms with van der Waals surface area (Å²) in [6.45, 7) is 0. The number of thiazole rings is 1. The van der Waals surface area contributed by atoms with Crippen molar-refractivity contribution < 1.29 is 17.6 Å². The molecule has 2 heterocycles. The summed E-state index contributed by atoms with van der Waals surface area (Å²) in [5, 5.41) is -0.124. The topological polar surface area (TPSA) is 82.9 Å². The van der Waals surface area contributed by atoms with Gasteiger partial charge in [0, 0.05) is 13.1 Å². The van der Waals surface area contributed by atoms with Crippen molar-refractivity contribution in [1.29, 1.82) is 0 Å². The van der Waals surface area contributed by atoms with Crippen molar-refractivity contribution in [2.24, 2.45) is 7.05 Å². The van der Waals surface area contributed by atoms with Crippen LogP contribution in [0.2, 0.25) is 5.02 Å². The molecule has 132 valence electrons. The van der Waals surface area contributed by atoms with Crippen molar-refractivity contribution in [3.8, 4) is 5.69 Å². The summed E-state index contributed by atoms with van der Waals surface area (Å²) >= 11 is 6.61. The lowest BCUT2D eigenvalue weighted by Gasteiger charge is -2.14. The van der Waals surface area contributed by atoms with Crippen molar-refractivity contribution in [1.82, 2.24) is 14.1 Å². The van der Waals surface area contributed by atoms with Crippen LogP contribution in [0.1, 0.15) is 5.69 Å². The highest BCUT2D eigenvalue weighted by molar-refractivity contribution is 7.22. The van der Waals surface area contributed by atoms with Crippen LogP contribution in [-0.4, -0.2) is 14.1 Å². The Morgan fingerprint density at radius 2 is 1.92 bits per heavy atom.